The maximum atomic E-state index is 6.46. The van der Waals surface area contributed by atoms with Gasteiger partial charge in [-0.05, 0) is 38.2 Å². The summed E-state index contributed by atoms with van der Waals surface area (Å²) in [5.41, 5.74) is 2.42. The maximum Gasteiger partial charge on any atom is 0.0642 e. The molecule has 1 unspecified atom stereocenters. The van der Waals surface area contributed by atoms with Crippen LogP contribution in [0.5, 0.6) is 0 Å². The second-order valence-electron chi connectivity index (χ2n) is 5.37. The van der Waals surface area contributed by atoms with E-state index in [1.165, 1.54) is 11.3 Å². The standard InChI is InChI=1S/C15H24ClN3/c1-4-17-10-13-5-6-15(14(16)9-13)19-8-7-18(3)11-12(19)2/h5-6,9,12,17H,4,7-8,10-11H2,1-3H3. The van der Waals surface area contributed by atoms with Crippen LogP contribution in [0.25, 0.3) is 0 Å². The van der Waals surface area contributed by atoms with Gasteiger partial charge in [-0.25, -0.2) is 0 Å². The summed E-state index contributed by atoms with van der Waals surface area (Å²) < 4.78 is 0. The van der Waals surface area contributed by atoms with Gasteiger partial charge in [-0.3, -0.25) is 0 Å². The molecule has 0 bridgehead atoms. The van der Waals surface area contributed by atoms with Crippen LogP contribution in [0.1, 0.15) is 19.4 Å². The lowest BCUT2D eigenvalue weighted by Gasteiger charge is -2.40. The van der Waals surface area contributed by atoms with E-state index in [1.54, 1.807) is 0 Å². The van der Waals surface area contributed by atoms with E-state index < -0.39 is 0 Å². The average molecular weight is 282 g/mol. The Hall–Kier alpha value is -0.770. The third kappa shape index (κ3) is 3.62. The summed E-state index contributed by atoms with van der Waals surface area (Å²) in [6.45, 7) is 9.48. The zero-order chi connectivity index (χ0) is 13.8. The first kappa shape index (κ1) is 14.6. The molecule has 0 radical (unpaired) electrons. The zero-order valence-electron chi connectivity index (χ0n) is 12.1. The lowest BCUT2D eigenvalue weighted by Crippen LogP contribution is -2.50. The van der Waals surface area contributed by atoms with Crippen LogP contribution in [-0.4, -0.2) is 44.2 Å². The predicted octanol–water partition coefficient (Wildman–Crippen LogP) is 2.59. The summed E-state index contributed by atoms with van der Waals surface area (Å²) in [5.74, 6) is 0. The number of nitrogens with zero attached hydrogens (tertiary/aromatic N) is 2. The molecule has 1 aromatic carbocycles. The number of hydrogen-bond acceptors (Lipinski definition) is 3. The minimum Gasteiger partial charge on any atom is -0.365 e. The molecule has 1 saturated heterocycles. The number of halogens is 1. The Balaban J connectivity index is 2.12. The highest BCUT2D eigenvalue weighted by atomic mass is 35.5. The minimum absolute atomic E-state index is 0.510. The van der Waals surface area contributed by atoms with Crippen molar-refractivity contribution in [1.82, 2.24) is 10.2 Å². The van der Waals surface area contributed by atoms with Gasteiger partial charge in [0.1, 0.15) is 0 Å². The van der Waals surface area contributed by atoms with E-state index in [0.717, 1.165) is 37.7 Å². The molecule has 0 aromatic heterocycles. The number of rotatable bonds is 4. The number of piperazine rings is 1. The van der Waals surface area contributed by atoms with Crippen molar-refractivity contribution in [3.63, 3.8) is 0 Å². The highest BCUT2D eigenvalue weighted by Gasteiger charge is 2.23. The zero-order valence-corrected chi connectivity index (χ0v) is 12.9. The Morgan fingerprint density at radius 1 is 1.37 bits per heavy atom. The molecule has 2 rings (SSSR count). The second kappa shape index (κ2) is 6.60. The van der Waals surface area contributed by atoms with Gasteiger partial charge in [0.05, 0.1) is 10.7 Å². The van der Waals surface area contributed by atoms with E-state index >= 15 is 0 Å². The predicted molar refractivity (Wildman–Crippen MR) is 83.1 cm³/mol. The molecule has 19 heavy (non-hydrogen) atoms. The molecule has 1 aromatic rings. The fourth-order valence-electron chi connectivity index (χ4n) is 2.66. The molecule has 4 heteroatoms. The van der Waals surface area contributed by atoms with Gasteiger partial charge >= 0.3 is 0 Å². The molecule has 1 N–H and O–H groups in total. The van der Waals surface area contributed by atoms with Crippen LogP contribution in [0.15, 0.2) is 18.2 Å². The normalized spacial score (nSPS) is 20.8. The fraction of sp³-hybridized carbons (Fsp3) is 0.600. The Kier molecular flexibility index (Phi) is 5.08. The Labute approximate surface area is 121 Å². The van der Waals surface area contributed by atoms with E-state index in [-0.39, 0.29) is 0 Å². The van der Waals surface area contributed by atoms with Crippen LogP contribution in [0.3, 0.4) is 0 Å². The highest BCUT2D eigenvalue weighted by molar-refractivity contribution is 6.33. The molecule has 3 nitrogen and oxygen atoms in total. The molecule has 1 heterocycles. The molecule has 0 amide bonds. The topological polar surface area (TPSA) is 18.5 Å². The first-order chi connectivity index (χ1) is 9.11. The highest BCUT2D eigenvalue weighted by Crippen LogP contribution is 2.29. The molecule has 1 aliphatic rings. The fourth-order valence-corrected chi connectivity index (χ4v) is 2.97. The van der Waals surface area contributed by atoms with E-state index in [1.807, 2.05) is 0 Å². The molecule has 0 aliphatic carbocycles. The van der Waals surface area contributed by atoms with Gasteiger partial charge in [0.25, 0.3) is 0 Å². The van der Waals surface area contributed by atoms with Gasteiger partial charge < -0.3 is 15.1 Å². The van der Waals surface area contributed by atoms with E-state index in [0.29, 0.717) is 6.04 Å². The number of benzene rings is 1. The van der Waals surface area contributed by atoms with Crippen LogP contribution in [0.2, 0.25) is 5.02 Å². The molecular formula is C15H24ClN3. The van der Waals surface area contributed by atoms with E-state index in [2.05, 4.69) is 54.2 Å². The largest absolute Gasteiger partial charge is 0.365 e. The van der Waals surface area contributed by atoms with Crippen LogP contribution >= 0.6 is 11.6 Å². The Morgan fingerprint density at radius 3 is 2.79 bits per heavy atom. The molecule has 0 saturated carbocycles. The van der Waals surface area contributed by atoms with Crippen molar-refractivity contribution in [3.05, 3.63) is 28.8 Å². The average Bonchev–Trinajstić information content (AvgIpc) is 2.37. The quantitative estimate of drug-likeness (QED) is 0.915. The van der Waals surface area contributed by atoms with Crippen LogP contribution in [0, 0.1) is 0 Å². The minimum atomic E-state index is 0.510. The maximum absolute atomic E-state index is 6.46. The Morgan fingerprint density at radius 2 is 2.16 bits per heavy atom. The van der Waals surface area contributed by atoms with Gasteiger partial charge in [0, 0.05) is 32.2 Å². The first-order valence-corrected chi connectivity index (χ1v) is 7.44. The molecule has 1 atom stereocenters. The summed E-state index contributed by atoms with van der Waals surface area (Å²) in [7, 11) is 2.18. The van der Waals surface area contributed by atoms with E-state index in [9.17, 15) is 0 Å². The number of likely N-dealkylation sites (N-methyl/N-ethyl adjacent to an activating group) is 1. The molecule has 1 fully saturated rings. The van der Waals surface area contributed by atoms with Crippen molar-refractivity contribution in [2.24, 2.45) is 0 Å². The molecular weight excluding hydrogens is 258 g/mol. The molecule has 1 aliphatic heterocycles. The van der Waals surface area contributed by atoms with Gasteiger partial charge in [0.15, 0.2) is 0 Å². The third-order valence-electron chi connectivity index (χ3n) is 3.73. The lowest BCUT2D eigenvalue weighted by molar-refractivity contribution is 0.275. The molecule has 106 valence electrons. The number of hydrogen-bond donors (Lipinski definition) is 1. The summed E-state index contributed by atoms with van der Waals surface area (Å²) >= 11 is 6.46. The number of anilines is 1. The monoisotopic (exact) mass is 281 g/mol. The van der Waals surface area contributed by atoms with Crippen LogP contribution in [-0.2, 0) is 6.54 Å². The van der Waals surface area contributed by atoms with Gasteiger partial charge in [-0.1, -0.05) is 24.6 Å². The van der Waals surface area contributed by atoms with Gasteiger partial charge in [-0.2, -0.15) is 0 Å². The summed E-state index contributed by atoms with van der Waals surface area (Å²) in [4.78, 5) is 4.79. The van der Waals surface area contributed by atoms with Crippen molar-refractivity contribution in [2.45, 2.75) is 26.4 Å². The van der Waals surface area contributed by atoms with Gasteiger partial charge in [-0.15, -0.1) is 0 Å². The SMILES string of the molecule is CCNCc1ccc(N2CCN(C)CC2C)c(Cl)c1. The van der Waals surface area contributed by atoms with Crippen molar-refractivity contribution in [2.75, 3.05) is 38.1 Å². The van der Waals surface area contributed by atoms with Crippen molar-refractivity contribution in [3.8, 4) is 0 Å². The van der Waals surface area contributed by atoms with Gasteiger partial charge in [0.2, 0.25) is 0 Å². The van der Waals surface area contributed by atoms with E-state index in [4.69, 9.17) is 11.6 Å². The van der Waals surface area contributed by atoms with Crippen LogP contribution < -0.4 is 10.2 Å². The lowest BCUT2D eigenvalue weighted by atomic mass is 10.1. The van der Waals surface area contributed by atoms with Crippen LogP contribution in [0.4, 0.5) is 5.69 Å². The van der Waals surface area contributed by atoms with Crippen molar-refractivity contribution < 1.29 is 0 Å². The summed E-state index contributed by atoms with van der Waals surface area (Å²) in [6, 6.07) is 6.94. The summed E-state index contributed by atoms with van der Waals surface area (Å²) in [6.07, 6.45) is 0. The van der Waals surface area contributed by atoms with Crippen molar-refractivity contribution >= 4 is 17.3 Å². The second-order valence-corrected chi connectivity index (χ2v) is 5.78. The summed E-state index contributed by atoms with van der Waals surface area (Å²) in [5, 5.41) is 4.19. The first-order valence-electron chi connectivity index (χ1n) is 7.06. The van der Waals surface area contributed by atoms with Crippen molar-refractivity contribution in [1.29, 1.82) is 0 Å². The number of nitrogens with one attached hydrogen (secondary N) is 1. The Bertz CT molecular complexity index is 422. The molecule has 0 spiro atoms. The third-order valence-corrected chi connectivity index (χ3v) is 4.03. The smallest absolute Gasteiger partial charge is 0.0642 e.